The van der Waals surface area contributed by atoms with Gasteiger partial charge in [-0.05, 0) is 30.3 Å². The smallest absolute Gasteiger partial charge is 0.255 e. The number of aromatic nitrogens is 2. The summed E-state index contributed by atoms with van der Waals surface area (Å²) >= 11 is 1.36. The summed E-state index contributed by atoms with van der Waals surface area (Å²) in [7, 11) is 0. The molecule has 0 aliphatic heterocycles. The molecule has 0 atom stereocenters. The highest BCUT2D eigenvalue weighted by Crippen LogP contribution is 2.21. The van der Waals surface area contributed by atoms with Crippen molar-refractivity contribution in [3.8, 4) is 11.8 Å². The van der Waals surface area contributed by atoms with Crippen LogP contribution in [-0.4, -0.2) is 21.2 Å². The van der Waals surface area contributed by atoms with E-state index in [0.29, 0.717) is 11.3 Å². The van der Waals surface area contributed by atoms with Crippen LogP contribution < -0.4 is 5.32 Å². The number of nitrogens with zero attached hydrogens (tertiary/aromatic N) is 3. The lowest BCUT2D eigenvalue weighted by Gasteiger charge is -2.09. The molecular weight excluding hydrogens is 320 g/mol. The van der Waals surface area contributed by atoms with Crippen LogP contribution >= 0.6 is 11.8 Å². The minimum atomic E-state index is -0.172. The number of para-hydroxylation sites is 1. The number of anilines is 1. The van der Waals surface area contributed by atoms with E-state index in [-0.39, 0.29) is 5.91 Å². The van der Waals surface area contributed by atoms with E-state index in [9.17, 15) is 4.79 Å². The van der Waals surface area contributed by atoms with Gasteiger partial charge in [-0.2, -0.15) is 5.26 Å². The fourth-order valence-electron chi connectivity index (χ4n) is 2.21. The van der Waals surface area contributed by atoms with Gasteiger partial charge in [0.25, 0.3) is 5.91 Å². The van der Waals surface area contributed by atoms with Crippen LogP contribution in [0, 0.1) is 11.3 Å². The van der Waals surface area contributed by atoms with Gasteiger partial charge < -0.3 is 5.32 Å². The number of carbonyl (C=O) groups is 1. The number of amides is 1. The van der Waals surface area contributed by atoms with E-state index in [2.05, 4.69) is 16.4 Å². The highest BCUT2D eigenvalue weighted by atomic mass is 32.2. The molecule has 1 N–H and O–H groups in total. The number of hydrogen-bond donors (Lipinski definition) is 1. The van der Waals surface area contributed by atoms with Crippen LogP contribution in [0.15, 0.2) is 72.1 Å². The van der Waals surface area contributed by atoms with Gasteiger partial charge in [0, 0.05) is 29.3 Å². The number of hydrogen-bond acceptors (Lipinski definition) is 4. The van der Waals surface area contributed by atoms with Crippen molar-refractivity contribution in [3.63, 3.8) is 0 Å². The van der Waals surface area contributed by atoms with Crippen molar-refractivity contribution in [2.24, 2.45) is 0 Å². The number of nitrogens with one attached hydrogen (secondary N) is 1. The molecule has 24 heavy (non-hydrogen) atoms. The van der Waals surface area contributed by atoms with E-state index < -0.39 is 0 Å². The van der Waals surface area contributed by atoms with Gasteiger partial charge >= 0.3 is 0 Å². The van der Waals surface area contributed by atoms with E-state index in [1.807, 2.05) is 53.2 Å². The molecule has 1 heterocycles. The highest BCUT2D eigenvalue weighted by molar-refractivity contribution is 7.99. The Morgan fingerprint density at radius 3 is 2.83 bits per heavy atom. The zero-order chi connectivity index (χ0) is 16.8. The van der Waals surface area contributed by atoms with Crippen LogP contribution in [0.25, 0.3) is 5.69 Å². The maximum atomic E-state index is 12.4. The fourth-order valence-corrected chi connectivity index (χ4v) is 2.85. The average molecular weight is 334 g/mol. The van der Waals surface area contributed by atoms with Gasteiger partial charge in [0.2, 0.25) is 0 Å². The van der Waals surface area contributed by atoms with Gasteiger partial charge in [0.15, 0.2) is 5.16 Å². The molecule has 0 spiro atoms. The van der Waals surface area contributed by atoms with E-state index in [1.54, 1.807) is 18.3 Å². The quantitative estimate of drug-likeness (QED) is 0.722. The molecule has 1 aromatic heterocycles. The molecule has 0 fully saturated rings. The number of thioether (sulfide) groups is 1. The van der Waals surface area contributed by atoms with Gasteiger partial charge in [-0.1, -0.05) is 36.0 Å². The Bertz CT molecular complexity index is 883. The van der Waals surface area contributed by atoms with Crippen molar-refractivity contribution in [2.75, 3.05) is 11.1 Å². The van der Waals surface area contributed by atoms with Gasteiger partial charge in [-0.15, -0.1) is 0 Å². The number of nitriles is 1. The molecule has 0 bridgehead atoms. The summed E-state index contributed by atoms with van der Waals surface area (Å²) in [4.78, 5) is 16.7. The van der Waals surface area contributed by atoms with Crippen molar-refractivity contribution in [3.05, 3.63) is 72.6 Å². The first kappa shape index (κ1) is 15.8. The lowest BCUT2D eigenvalue weighted by molar-refractivity contribution is 0.102. The number of imidazole rings is 1. The highest BCUT2D eigenvalue weighted by Gasteiger charge is 2.10. The third-order valence-electron chi connectivity index (χ3n) is 3.29. The molecule has 3 rings (SSSR count). The molecule has 118 valence electrons. The number of carbonyl (C=O) groups excluding carboxylic acids is 1. The first-order chi connectivity index (χ1) is 11.8. The summed E-state index contributed by atoms with van der Waals surface area (Å²) in [5.41, 5.74) is 2.13. The first-order valence-electron chi connectivity index (χ1n) is 7.28. The molecule has 5 nitrogen and oxygen atoms in total. The minimum Gasteiger partial charge on any atom is -0.322 e. The lowest BCUT2D eigenvalue weighted by atomic mass is 10.2. The Labute approximate surface area is 144 Å². The Hall–Kier alpha value is -3.04. The average Bonchev–Trinajstić information content (AvgIpc) is 3.09. The van der Waals surface area contributed by atoms with Crippen LogP contribution in [0.1, 0.15) is 10.4 Å². The summed E-state index contributed by atoms with van der Waals surface area (Å²) in [5.74, 6) is 0.153. The van der Waals surface area contributed by atoms with Crippen molar-refractivity contribution < 1.29 is 4.79 Å². The summed E-state index contributed by atoms with van der Waals surface area (Å²) in [6.07, 6.45) is 3.49. The Morgan fingerprint density at radius 2 is 2.04 bits per heavy atom. The summed E-state index contributed by atoms with van der Waals surface area (Å²) in [6, 6.07) is 18.7. The number of benzene rings is 2. The molecule has 0 saturated carbocycles. The lowest BCUT2D eigenvalue weighted by Crippen LogP contribution is -2.12. The molecule has 6 heteroatoms. The van der Waals surface area contributed by atoms with Gasteiger partial charge in [0.1, 0.15) is 0 Å². The normalized spacial score (nSPS) is 10.1. The second kappa shape index (κ2) is 7.49. The molecule has 0 radical (unpaired) electrons. The van der Waals surface area contributed by atoms with E-state index >= 15 is 0 Å². The Morgan fingerprint density at radius 1 is 1.21 bits per heavy atom. The second-order valence-electron chi connectivity index (χ2n) is 4.90. The molecule has 0 aliphatic carbocycles. The monoisotopic (exact) mass is 334 g/mol. The van der Waals surface area contributed by atoms with Crippen LogP contribution in [0.3, 0.4) is 0 Å². The van der Waals surface area contributed by atoms with Crippen molar-refractivity contribution in [1.29, 1.82) is 5.26 Å². The Kier molecular flexibility index (Phi) is 4.94. The minimum absolute atomic E-state index is 0.172. The second-order valence-corrected chi connectivity index (χ2v) is 5.84. The summed E-state index contributed by atoms with van der Waals surface area (Å²) in [6.45, 7) is 0. The van der Waals surface area contributed by atoms with Crippen molar-refractivity contribution in [1.82, 2.24) is 9.55 Å². The molecule has 2 aromatic carbocycles. The third-order valence-corrected chi connectivity index (χ3v) is 4.12. The maximum absolute atomic E-state index is 12.4. The van der Waals surface area contributed by atoms with Crippen LogP contribution in [0.5, 0.6) is 0 Å². The van der Waals surface area contributed by atoms with E-state index in [0.717, 1.165) is 16.5 Å². The first-order valence-corrected chi connectivity index (χ1v) is 8.26. The molecule has 0 saturated heterocycles. The summed E-state index contributed by atoms with van der Waals surface area (Å²) < 4.78 is 1.86. The zero-order valence-electron chi connectivity index (χ0n) is 12.7. The SMILES string of the molecule is N#CCSc1nccn1-c1cccc(C(=O)Nc2ccccc2)c1. The predicted octanol–water partition coefficient (Wildman–Crippen LogP) is 3.74. The Balaban J connectivity index is 1.83. The maximum Gasteiger partial charge on any atom is 0.255 e. The van der Waals surface area contributed by atoms with Gasteiger partial charge in [-0.3, -0.25) is 9.36 Å². The third kappa shape index (κ3) is 3.65. The molecule has 3 aromatic rings. The van der Waals surface area contributed by atoms with Crippen LogP contribution in [0.4, 0.5) is 5.69 Å². The molecule has 0 unspecified atom stereocenters. The van der Waals surface area contributed by atoms with Crippen LogP contribution in [-0.2, 0) is 0 Å². The molecule has 0 aliphatic rings. The largest absolute Gasteiger partial charge is 0.322 e. The van der Waals surface area contributed by atoms with Crippen molar-refractivity contribution >= 4 is 23.4 Å². The zero-order valence-corrected chi connectivity index (χ0v) is 13.5. The topological polar surface area (TPSA) is 70.7 Å². The standard InChI is InChI=1S/C18H14N4OS/c19-9-12-24-18-20-10-11-22(18)16-8-4-5-14(13-16)17(23)21-15-6-2-1-3-7-15/h1-8,10-11,13H,12H2,(H,21,23). The molecular formula is C18H14N4OS. The van der Waals surface area contributed by atoms with E-state index in [1.165, 1.54) is 11.8 Å². The summed E-state index contributed by atoms with van der Waals surface area (Å²) in [5, 5.41) is 12.3. The van der Waals surface area contributed by atoms with Crippen molar-refractivity contribution in [2.45, 2.75) is 5.16 Å². The molecule has 1 amide bonds. The predicted molar refractivity (Wildman–Crippen MR) is 94.3 cm³/mol. The van der Waals surface area contributed by atoms with Gasteiger partial charge in [0.05, 0.1) is 11.8 Å². The van der Waals surface area contributed by atoms with Gasteiger partial charge in [-0.25, -0.2) is 4.98 Å². The van der Waals surface area contributed by atoms with Crippen LogP contribution in [0.2, 0.25) is 0 Å². The number of rotatable bonds is 5. The van der Waals surface area contributed by atoms with E-state index in [4.69, 9.17) is 5.26 Å². The fraction of sp³-hybridized carbons (Fsp3) is 0.0556.